The summed E-state index contributed by atoms with van der Waals surface area (Å²) >= 11 is 1.59. The number of thioether (sulfide) groups is 1. The van der Waals surface area contributed by atoms with Gasteiger partial charge in [0.05, 0.1) is 17.9 Å². The Morgan fingerprint density at radius 3 is 2.28 bits per heavy atom. The molecule has 2 rings (SSSR count). The van der Waals surface area contributed by atoms with Crippen LogP contribution in [0.3, 0.4) is 0 Å². The van der Waals surface area contributed by atoms with E-state index < -0.39 is 0 Å². The third-order valence-corrected chi connectivity index (χ3v) is 5.06. The summed E-state index contributed by atoms with van der Waals surface area (Å²) in [6.07, 6.45) is 0. The molecule has 0 radical (unpaired) electrons. The molecule has 0 aliphatic heterocycles. The van der Waals surface area contributed by atoms with Crippen molar-refractivity contribution in [3.05, 3.63) is 71.3 Å². The minimum Gasteiger partial charge on any atom is -0.465 e. The summed E-state index contributed by atoms with van der Waals surface area (Å²) in [4.78, 5) is 25.7. The summed E-state index contributed by atoms with van der Waals surface area (Å²) in [5.74, 6) is 0.485. The number of hydrogen-bond acceptors (Lipinski definition) is 4. The van der Waals surface area contributed by atoms with Crippen molar-refractivity contribution in [2.75, 3.05) is 14.2 Å². The number of benzene rings is 2. The first-order valence-corrected chi connectivity index (χ1v) is 9.14. The van der Waals surface area contributed by atoms with E-state index in [0.717, 1.165) is 11.1 Å². The number of ether oxygens (including phenoxy) is 1. The Labute approximate surface area is 153 Å². The minimum atomic E-state index is -0.342. The molecule has 1 unspecified atom stereocenters. The molecule has 1 atom stereocenters. The van der Waals surface area contributed by atoms with Gasteiger partial charge in [-0.2, -0.15) is 0 Å². The Hall–Kier alpha value is -2.27. The number of amides is 1. The van der Waals surface area contributed by atoms with Crippen molar-refractivity contribution in [2.45, 2.75) is 24.5 Å². The number of methoxy groups -OCH3 is 1. The fourth-order valence-electron chi connectivity index (χ4n) is 2.39. The molecule has 5 heteroatoms. The van der Waals surface area contributed by atoms with Crippen molar-refractivity contribution in [2.24, 2.45) is 0 Å². The number of nitrogens with zero attached hydrogens (tertiary/aromatic N) is 1. The van der Waals surface area contributed by atoms with Gasteiger partial charge in [0.1, 0.15) is 0 Å². The molecule has 0 fully saturated rings. The average Bonchev–Trinajstić information content (AvgIpc) is 2.66. The maximum absolute atomic E-state index is 12.5. The van der Waals surface area contributed by atoms with Crippen LogP contribution in [-0.4, -0.2) is 36.2 Å². The van der Waals surface area contributed by atoms with Crippen LogP contribution in [0, 0.1) is 0 Å². The van der Waals surface area contributed by atoms with Crippen molar-refractivity contribution in [1.82, 2.24) is 4.90 Å². The third kappa shape index (κ3) is 5.64. The highest BCUT2D eigenvalue weighted by molar-refractivity contribution is 7.99. The van der Waals surface area contributed by atoms with E-state index in [1.54, 1.807) is 28.8 Å². The molecule has 0 N–H and O–H groups in total. The smallest absolute Gasteiger partial charge is 0.337 e. The summed E-state index contributed by atoms with van der Waals surface area (Å²) in [7, 11) is 3.20. The average molecular weight is 357 g/mol. The van der Waals surface area contributed by atoms with Crippen LogP contribution in [0.4, 0.5) is 0 Å². The Balaban J connectivity index is 1.85. The summed E-state index contributed by atoms with van der Waals surface area (Å²) in [6, 6.07) is 17.2. The van der Waals surface area contributed by atoms with Gasteiger partial charge in [0, 0.05) is 19.3 Å². The van der Waals surface area contributed by atoms with Crippen LogP contribution in [-0.2, 0) is 21.8 Å². The van der Waals surface area contributed by atoms with Gasteiger partial charge in [-0.25, -0.2) is 4.79 Å². The summed E-state index contributed by atoms with van der Waals surface area (Å²) in [6.45, 7) is 2.54. The molecule has 4 nitrogen and oxygen atoms in total. The van der Waals surface area contributed by atoms with Gasteiger partial charge in [-0.3, -0.25) is 4.79 Å². The van der Waals surface area contributed by atoms with E-state index in [4.69, 9.17) is 0 Å². The van der Waals surface area contributed by atoms with Crippen LogP contribution in [0.2, 0.25) is 0 Å². The van der Waals surface area contributed by atoms with Gasteiger partial charge in [0.2, 0.25) is 5.91 Å². The Morgan fingerprint density at radius 1 is 1.04 bits per heavy atom. The monoisotopic (exact) mass is 357 g/mol. The quantitative estimate of drug-likeness (QED) is 0.708. The van der Waals surface area contributed by atoms with Crippen molar-refractivity contribution < 1.29 is 14.3 Å². The van der Waals surface area contributed by atoms with E-state index >= 15 is 0 Å². The molecule has 0 bridgehead atoms. The molecule has 0 heterocycles. The van der Waals surface area contributed by atoms with Crippen molar-refractivity contribution in [1.29, 1.82) is 0 Å². The molecule has 25 heavy (non-hydrogen) atoms. The zero-order valence-corrected chi connectivity index (χ0v) is 15.6. The molecule has 1 amide bonds. The lowest BCUT2D eigenvalue weighted by Gasteiger charge is -2.21. The number of rotatable bonds is 7. The predicted molar refractivity (Wildman–Crippen MR) is 101 cm³/mol. The second-order valence-corrected chi connectivity index (χ2v) is 7.15. The first-order chi connectivity index (χ1) is 12.0. The molecule has 132 valence electrons. The maximum atomic E-state index is 12.5. The molecule has 0 aliphatic rings. The van der Waals surface area contributed by atoms with Crippen molar-refractivity contribution in [3.8, 4) is 0 Å². The zero-order valence-electron chi connectivity index (χ0n) is 14.8. The topological polar surface area (TPSA) is 46.6 Å². The molecule has 0 aliphatic carbocycles. The van der Waals surface area contributed by atoms with E-state index in [1.807, 2.05) is 56.4 Å². The van der Waals surface area contributed by atoms with E-state index in [0.29, 0.717) is 17.9 Å². The van der Waals surface area contributed by atoms with Gasteiger partial charge in [0.25, 0.3) is 0 Å². The highest BCUT2D eigenvalue weighted by atomic mass is 32.2. The van der Waals surface area contributed by atoms with Crippen LogP contribution < -0.4 is 0 Å². The third-order valence-electron chi connectivity index (χ3n) is 3.86. The lowest BCUT2D eigenvalue weighted by Crippen LogP contribution is -2.32. The van der Waals surface area contributed by atoms with Crippen molar-refractivity contribution in [3.63, 3.8) is 0 Å². The number of carbonyl (C=O) groups excluding carboxylic acids is 2. The first kappa shape index (κ1) is 19.1. The van der Waals surface area contributed by atoms with E-state index in [1.165, 1.54) is 7.11 Å². The van der Waals surface area contributed by atoms with Gasteiger partial charge < -0.3 is 9.64 Å². The van der Waals surface area contributed by atoms with Crippen LogP contribution in [0.15, 0.2) is 54.6 Å². The SMILES string of the molecule is COC(=O)c1ccc(CSC(C)C(=O)N(C)Cc2ccccc2)cc1. The lowest BCUT2D eigenvalue weighted by molar-refractivity contribution is -0.129. The second kappa shape index (κ2) is 9.28. The molecule has 2 aromatic carbocycles. The van der Waals surface area contributed by atoms with Crippen LogP contribution in [0.1, 0.15) is 28.4 Å². The van der Waals surface area contributed by atoms with E-state index in [-0.39, 0.29) is 17.1 Å². The van der Waals surface area contributed by atoms with Crippen molar-refractivity contribution >= 4 is 23.6 Å². The lowest BCUT2D eigenvalue weighted by atomic mass is 10.1. The number of hydrogen-bond donors (Lipinski definition) is 0. The highest BCUT2D eigenvalue weighted by Crippen LogP contribution is 2.20. The van der Waals surface area contributed by atoms with Crippen LogP contribution >= 0.6 is 11.8 Å². The first-order valence-electron chi connectivity index (χ1n) is 8.09. The normalized spacial score (nSPS) is 11.6. The van der Waals surface area contributed by atoms with Gasteiger partial charge in [0.15, 0.2) is 0 Å². The molecular formula is C20H23NO3S. The predicted octanol–water partition coefficient (Wildman–Crippen LogP) is 3.75. The molecule has 2 aromatic rings. The van der Waals surface area contributed by atoms with Crippen LogP contribution in [0.25, 0.3) is 0 Å². The van der Waals surface area contributed by atoms with Gasteiger partial charge in [-0.15, -0.1) is 11.8 Å². The minimum absolute atomic E-state index is 0.111. The van der Waals surface area contributed by atoms with E-state index in [9.17, 15) is 9.59 Å². The largest absolute Gasteiger partial charge is 0.465 e. The Bertz CT molecular complexity index is 701. The molecule has 0 aromatic heterocycles. The molecular weight excluding hydrogens is 334 g/mol. The Kier molecular flexibility index (Phi) is 7.07. The molecule has 0 spiro atoms. The Morgan fingerprint density at radius 2 is 1.68 bits per heavy atom. The van der Waals surface area contributed by atoms with Gasteiger partial charge in [-0.05, 0) is 30.2 Å². The van der Waals surface area contributed by atoms with Gasteiger partial charge in [-0.1, -0.05) is 42.5 Å². The standard InChI is InChI=1S/C20H23NO3S/c1-15(19(22)21(2)13-16-7-5-4-6-8-16)25-14-17-9-11-18(12-10-17)20(23)24-3/h4-12,15H,13-14H2,1-3H3. The number of esters is 1. The van der Waals surface area contributed by atoms with Gasteiger partial charge >= 0.3 is 5.97 Å². The summed E-state index contributed by atoms with van der Waals surface area (Å²) in [5, 5.41) is -0.131. The fraction of sp³-hybridized carbons (Fsp3) is 0.300. The zero-order chi connectivity index (χ0) is 18.2. The molecule has 0 saturated carbocycles. The number of carbonyl (C=O) groups is 2. The molecule has 0 saturated heterocycles. The fourth-order valence-corrected chi connectivity index (χ4v) is 3.35. The summed E-state index contributed by atoms with van der Waals surface area (Å²) in [5.41, 5.74) is 2.72. The second-order valence-electron chi connectivity index (χ2n) is 5.82. The highest BCUT2D eigenvalue weighted by Gasteiger charge is 2.18. The maximum Gasteiger partial charge on any atom is 0.337 e. The van der Waals surface area contributed by atoms with Crippen LogP contribution in [0.5, 0.6) is 0 Å². The summed E-state index contributed by atoms with van der Waals surface area (Å²) < 4.78 is 4.69. The van der Waals surface area contributed by atoms with E-state index in [2.05, 4.69) is 4.74 Å².